The highest BCUT2D eigenvalue weighted by Gasteiger charge is 2.56. The van der Waals surface area contributed by atoms with Gasteiger partial charge in [-0.15, -0.1) is 0 Å². The fourth-order valence-electron chi connectivity index (χ4n) is 3.54. The van der Waals surface area contributed by atoms with Gasteiger partial charge in [0.2, 0.25) is 0 Å². The first-order valence-electron chi connectivity index (χ1n) is 6.96. The van der Waals surface area contributed by atoms with Crippen LogP contribution in [0.1, 0.15) is 40.5 Å². The molecule has 2 N–H and O–H groups in total. The molecular formula is C15H24O4. The average molecular weight is 268 g/mol. The molecule has 0 aromatic carbocycles. The Morgan fingerprint density at radius 2 is 2.05 bits per heavy atom. The number of hydrogen-bond acceptors (Lipinski definition) is 4. The normalized spacial score (nSPS) is 46.6. The van der Waals surface area contributed by atoms with Crippen LogP contribution in [0.4, 0.5) is 0 Å². The molecule has 1 heterocycles. The number of allylic oxidation sites excluding steroid dienone is 2. The van der Waals surface area contributed by atoms with Crippen molar-refractivity contribution >= 4 is 5.78 Å². The summed E-state index contributed by atoms with van der Waals surface area (Å²) in [7, 11) is 0. The van der Waals surface area contributed by atoms with Crippen molar-refractivity contribution in [3.05, 3.63) is 11.6 Å². The van der Waals surface area contributed by atoms with Crippen LogP contribution in [-0.2, 0) is 9.53 Å². The SMILES string of the molecule is CC(C)=C[C@H]1C(=O)[C@@H](C)C[C@@H](O)[C@H]2O[C@@H](O)C[C@]21C. The van der Waals surface area contributed by atoms with Crippen LogP contribution in [0.25, 0.3) is 0 Å². The molecular weight excluding hydrogens is 244 g/mol. The number of aliphatic hydroxyl groups excluding tert-OH is 2. The van der Waals surface area contributed by atoms with Crippen LogP contribution in [-0.4, -0.2) is 34.5 Å². The number of Topliss-reactive ketones (excluding diaryl/α,β-unsaturated/α-hetero) is 1. The van der Waals surface area contributed by atoms with Crippen LogP contribution < -0.4 is 0 Å². The van der Waals surface area contributed by atoms with Gasteiger partial charge in [0, 0.05) is 23.7 Å². The van der Waals surface area contributed by atoms with Gasteiger partial charge in [0.25, 0.3) is 0 Å². The van der Waals surface area contributed by atoms with Gasteiger partial charge in [-0.3, -0.25) is 4.79 Å². The topological polar surface area (TPSA) is 66.8 Å². The molecule has 1 saturated heterocycles. The molecule has 0 spiro atoms. The van der Waals surface area contributed by atoms with Gasteiger partial charge in [-0.05, 0) is 20.3 Å². The van der Waals surface area contributed by atoms with Crippen LogP contribution >= 0.6 is 0 Å². The Hall–Kier alpha value is -0.710. The van der Waals surface area contributed by atoms with E-state index in [0.29, 0.717) is 12.8 Å². The van der Waals surface area contributed by atoms with E-state index < -0.39 is 23.9 Å². The molecule has 0 aromatic rings. The zero-order valence-electron chi connectivity index (χ0n) is 12.1. The number of ether oxygens (including phenoxy) is 1. The van der Waals surface area contributed by atoms with Gasteiger partial charge >= 0.3 is 0 Å². The fourth-order valence-corrected chi connectivity index (χ4v) is 3.54. The monoisotopic (exact) mass is 268 g/mol. The molecule has 0 amide bonds. The highest BCUT2D eigenvalue weighted by molar-refractivity contribution is 5.86. The van der Waals surface area contributed by atoms with Crippen molar-refractivity contribution in [2.75, 3.05) is 0 Å². The van der Waals surface area contributed by atoms with Crippen LogP contribution in [0.5, 0.6) is 0 Å². The summed E-state index contributed by atoms with van der Waals surface area (Å²) < 4.78 is 5.49. The molecule has 4 nitrogen and oxygen atoms in total. The van der Waals surface area contributed by atoms with E-state index in [9.17, 15) is 15.0 Å². The first kappa shape index (κ1) is 14.7. The number of carbonyl (C=O) groups excluding carboxylic acids is 1. The summed E-state index contributed by atoms with van der Waals surface area (Å²) in [4.78, 5) is 12.6. The van der Waals surface area contributed by atoms with Crippen LogP contribution in [0, 0.1) is 17.3 Å². The van der Waals surface area contributed by atoms with E-state index in [-0.39, 0.29) is 17.6 Å². The lowest BCUT2D eigenvalue weighted by Gasteiger charge is -2.35. The van der Waals surface area contributed by atoms with Gasteiger partial charge in [-0.1, -0.05) is 25.5 Å². The molecule has 108 valence electrons. The molecule has 2 aliphatic rings. The molecule has 1 aliphatic carbocycles. The summed E-state index contributed by atoms with van der Waals surface area (Å²) in [5.41, 5.74) is 0.543. The second-order valence-electron chi connectivity index (χ2n) is 6.55. The smallest absolute Gasteiger partial charge is 0.155 e. The zero-order valence-corrected chi connectivity index (χ0v) is 12.1. The van der Waals surface area contributed by atoms with Gasteiger partial charge < -0.3 is 14.9 Å². The Kier molecular flexibility index (Phi) is 3.87. The molecule has 6 atom stereocenters. The summed E-state index contributed by atoms with van der Waals surface area (Å²) >= 11 is 0. The third kappa shape index (κ3) is 2.49. The van der Waals surface area contributed by atoms with Gasteiger partial charge in [0.1, 0.15) is 5.78 Å². The van der Waals surface area contributed by atoms with Crippen molar-refractivity contribution in [3.8, 4) is 0 Å². The van der Waals surface area contributed by atoms with Crippen molar-refractivity contribution in [1.82, 2.24) is 0 Å². The van der Waals surface area contributed by atoms with E-state index in [4.69, 9.17) is 4.74 Å². The first-order chi connectivity index (χ1) is 8.75. The summed E-state index contributed by atoms with van der Waals surface area (Å²) in [5, 5.41) is 20.0. The first-order valence-corrected chi connectivity index (χ1v) is 6.96. The van der Waals surface area contributed by atoms with E-state index in [1.807, 2.05) is 33.8 Å². The minimum absolute atomic E-state index is 0.142. The second kappa shape index (κ2) is 5.00. The molecule has 19 heavy (non-hydrogen) atoms. The van der Waals surface area contributed by atoms with Crippen LogP contribution in [0.15, 0.2) is 11.6 Å². The Balaban J connectivity index is 2.46. The molecule has 2 fully saturated rings. The van der Waals surface area contributed by atoms with E-state index >= 15 is 0 Å². The Morgan fingerprint density at radius 1 is 1.42 bits per heavy atom. The zero-order chi connectivity index (χ0) is 14.4. The molecule has 4 heteroatoms. The number of fused-ring (bicyclic) bond motifs is 1. The van der Waals surface area contributed by atoms with Gasteiger partial charge in [-0.2, -0.15) is 0 Å². The van der Waals surface area contributed by atoms with E-state index in [1.54, 1.807) is 0 Å². The lowest BCUT2D eigenvalue weighted by molar-refractivity contribution is -0.133. The van der Waals surface area contributed by atoms with Crippen molar-refractivity contribution < 1.29 is 19.7 Å². The summed E-state index contributed by atoms with van der Waals surface area (Å²) in [6.07, 6.45) is 0.693. The van der Waals surface area contributed by atoms with Crippen LogP contribution in [0.3, 0.4) is 0 Å². The number of ketones is 1. The second-order valence-corrected chi connectivity index (χ2v) is 6.55. The molecule has 1 aliphatic heterocycles. The van der Waals surface area contributed by atoms with Crippen molar-refractivity contribution in [1.29, 1.82) is 0 Å². The fraction of sp³-hybridized carbons (Fsp3) is 0.800. The molecule has 1 saturated carbocycles. The largest absolute Gasteiger partial charge is 0.390 e. The van der Waals surface area contributed by atoms with Crippen molar-refractivity contribution in [2.24, 2.45) is 17.3 Å². The van der Waals surface area contributed by atoms with Crippen LogP contribution in [0.2, 0.25) is 0 Å². The predicted molar refractivity (Wildman–Crippen MR) is 71.3 cm³/mol. The number of rotatable bonds is 1. The summed E-state index contributed by atoms with van der Waals surface area (Å²) in [5.74, 6) is -0.339. The van der Waals surface area contributed by atoms with E-state index in [2.05, 4.69) is 0 Å². The number of aliphatic hydroxyl groups is 2. The lowest BCUT2D eigenvalue weighted by Crippen LogP contribution is -2.42. The maximum atomic E-state index is 12.6. The Morgan fingerprint density at radius 3 is 2.63 bits per heavy atom. The Bertz CT molecular complexity index is 399. The van der Waals surface area contributed by atoms with E-state index in [0.717, 1.165) is 5.57 Å². The minimum atomic E-state index is -0.890. The standard InChI is InChI=1S/C15H24O4/c1-8(2)5-10-13(18)9(3)6-11(16)14-15(10,4)7-12(17)19-14/h5,9-12,14,16-17H,6-7H2,1-4H3/t9-,10-,11+,12+,14+,15-/m0/s1. The molecule has 0 aromatic heterocycles. The molecule has 0 unspecified atom stereocenters. The quantitative estimate of drug-likeness (QED) is 0.710. The minimum Gasteiger partial charge on any atom is -0.390 e. The predicted octanol–water partition coefficient (Wildman–Crippen LogP) is 1.65. The molecule has 0 radical (unpaired) electrons. The third-order valence-corrected chi connectivity index (χ3v) is 4.52. The van der Waals surface area contributed by atoms with E-state index in [1.165, 1.54) is 0 Å². The van der Waals surface area contributed by atoms with Gasteiger partial charge in [-0.25, -0.2) is 0 Å². The highest BCUT2D eigenvalue weighted by Crippen LogP contribution is 2.50. The third-order valence-electron chi connectivity index (χ3n) is 4.52. The van der Waals surface area contributed by atoms with Crippen molar-refractivity contribution in [2.45, 2.75) is 59.0 Å². The summed E-state index contributed by atoms with van der Waals surface area (Å²) in [6, 6.07) is 0. The summed E-state index contributed by atoms with van der Waals surface area (Å²) in [6.45, 7) is 7.73. The molecule has 2 rings (SSSR count). The average Bonchev–Trinajstić information content (AvgIpc) is 2.58. The van der Waals surface area contributed by atoms with Gasteiger partial charge in [0.05, 0.1) is 12.2 Å². The highest BCUT2D eigenvalue weighted by atomic mass is 16.6. The number of hydrogen-bond donors (Lipinski definition) is 2. The Labute approximate surface area is 114 Å². The van der Waals surface area contributed by atoms with Crippen molar-refractivity contribution in [3.63, 3.8) is 0 Å². The van der Waals surface area contributed by atoms with Gasteiger partial charge in [0.15, 0.2) is 6.29 Å². The molecule has 0 bridgehead atoms. The lowest BCUT2D eigenvalue weighted by atomic mass is 9.69. The maximum absolute atomic E-state index is 12.6. The number of carbonyl (C=O) groups is 1. The maximum Gasteiger partial charge on any atom is 0.155 e.